The molecule has 0 heterocycles. The Bertz CT molecular complexity index is 645. The highest BCUT2D eigenvalue weighted by Crippen LogP contribution is 2.42. The van der Waals surface area contributed by atoms with Crippen molar-refractivity contribution in [3.63, 3.8) is 0 Å². The third kappa shape index (κ3) is 6.09. The van der Waals surface area contributed by atoms with Crippen molar-refractivity contribution in [2.45, 2.75) is 64.6 Å². The molecule has 6 heteroatoms. The topological polar surface area (TPSA) is 56.8 Å². The highest BCUT2D eigenvalue weighted by atomic mass is 35.5. The van der Waals surface area contributed by atoms with E-state index in [9.17, 15) is 4.79 Å². The first-order valence-electron chi connectivity index (χ1n) is 9.64. The van der Waals surface area contributed by atoms with Crippen LogP contribution < -0.4 is 10.1 Å². The fraction of sp³-hybridized carbons (Fsp3) is 0.667. The summed E-state index contributed by atoms with van der Waals surface area (Å²) in [6.07, 6.45) is 3.68. The van der Waals surface area contributed by atoms with Gasteiger partial charge in [0.2, 0.25) is 0 Å². The summed E-state index contributed by atoms with van der Waals surface area (Å²) in [6, 6.07) is 5.29. The Balaban J connectivity index is 1.97. The third-order valence-corrected chi connectivity index (χ3v) is 5.41. The maximum absolute atomic E-state index is 12.8. The molecule has 1 atom stereocenters. The zero-order chi connectivity index (χ0) is 20.1. The van der Waals surface area contributed by atoms with E-state index < -0.39 is 5.60 Å². The van der Waals surface area contributed by atoms with Crippen LogP contribution in [-0.4, -0.2) is 37.4 Å². The van der Waals surface area contributed by atoms with Crippen molar-refractivity contribution in [1.82, 2.24) is 0 Å². The summed E-state index contributed by atoms with van der Waals surface area (Å²) in [5.74, 6) is 0.755. The molecule has 2 rings (SSSR count). The summed E-state index contributed by atoms with van der Waals surface area (Å²) in [6.45, 7) is 9.01. The summed E-state index contributed by atoms with van der Waals surface area (Å²) in [4.78, 5) is 12.8. The number of ether oxygens (including phenoxy) is 3. The Morgan fingerprint density at radius 1 is 1.26 bits per heavy atom. The standard InChI is InChI=1S/C21H32ClNO4/c1-6-12-27-21(4,15-7-8-15)19(24)23-16-9-10-18(17(22)14-16)26-13-11-20(2,3)25-5/h9-10,14-15H,6-8,11-13H2,1-5H3,(H,23,24). The molecule has 0 spiro atoms. The van der Waals surface area contributed by atoms with Crippen molar-refractivity contribution >= 4 is 23.2 Å². The predicted octanol–water partition coefficient (Wildman–Crippen LogP) is 5.07. The number of hydrogen-bond donors (Lipinski definition) is 1. The zero-order valence-electron chi connectivity index (χ0n) is 17.1. The normalized spacial score (nSPS) is 16.7. The quantitative estimate of drug-likeness (QED) is 0.566. The van der Waals surface area contributed by atoms with E-state index in [1.54, 1.807) is 25.3 Å². The lowest BCUT2D eigenvalue weighted by molar-refractivity contribution is -0.142. The minimum absolute atomic E-state index is 0.120. The smallest absolute Gasteiger partial charge is 0.256 e. The molecule has 0 saturated heterocycles. The van der Waals surface area contributed by atoms with Crippen LogP contribution in [0.1, 0.15) is 53.4 Å². The average molecular weight is 398 g/mol. The molecule has 1 aliphatic carbocycles. The zero-order valence-corrected chi connectivity index (χ0v) is 17.8. The van der Waals surface area contributed by atoms with Crippen molar-refractivity contribution in [3.8, 4) is 5.75 Å². The number of carbonyl (C=O) groups excluding carboxylic acids is 1. The van der Waals surface area contributed by atoms with Gasteiger partial charge in [0.1, 0.15) is 11.4 Å². The molecule has 1 amide bonds. The molecule has 0 aliphatic heterocycles. The molecular weight excluding hydrogens is 366 g/mol. The average Bonchev–Trinajstić information content (AvgIpc) is 3.47. The molecular formula is C21H32ClNO4. The summed E-state index contributed by atoms with van der Waals surface area (Å²) in [5, 5.41) is 3.41. The number of methoxy groups -OCH3 is 1. The van der Waals surface area contributed by atoms with Crippen LogP contribution in [0.4, 0.5) is 5.69 Å². The Morgan fingerprint density at radius 3 is 2.52 bits per heavy atom. The molecule has 1 N–H and O–H groups in total. The van der Waals surface area contributed by atoms with Gasteiger partial charge in [0, 0.05) is 25.8 Å². The van der Waals surface area contributed by atoms with Crippen LogP contribution >= 0.6 is 11.6 Å². The molecule has 0 radical (unpaired) electrons. The lowest BCUT2D eigenvalue weighted by atomic mass is 9.98. The minimum Gasteiger partial charge on any atom is -0.492 e. The molecule has 1 saturated carbocycles. The van der Waals surface area contributed by atoms with Gasteiger partial charge in [-0.2, -0.15) is 0 Å². The van der Waals surface area contributed by atoms with Gasteiger partial charge >= 0.3 is 0 Å². The van der Waals surface area contributed by atoms with Crippen LogP contribution in [0.15, 0.2) is 18.2 Å². The second-order valence-electron chi connectivity index (χ2n) is 7.89. The molecule has 0 aromatic heterocycles. The molecule has 0 bridgehead atoms. The third-order valence-electron chi connectivity index (χ3n) is 5.12. The van der Waals surface area contributed by atoms with Gasteiger partial charge in [0.05, 0.1) is 17.2 Å². The minimum atomic E-state index is -0.788. The van der Waals surface area contributed by atoms with E-state index in [1.807, 2.05) is 27.7 Å². The van der Waals surface area contributed by atoms with Crippen LogP contribution in [0.3, 0.4) is 0 Å². The second kappa shape index (κ2) is 9.26. The van der Waals surface area contributed by atoms with Crippen LogP contribution in [0.25, 0.3) is 0 Å². The maximum atomic E-state index is 12.8. The molecule has 1 aliphatic rings. The Kier molecular flexibility index (Phi) is 7.55. The van der Waals surface area contributed by atoms with Crippen LogP contribution in [0.2, 0.25) is 5.02 Å². The van der Waals surface area contributed by atoms with Crippen molar-refractivity contribution in [1.29, 1.82) is 0 Å². The first kappa shape index (κ1) is 22.0. The van der Waals surface area contributed by atoms with Gasteiger partial charge in [0.15, 0.2) is 0 Å². The van der Waals surface area contributed by atoms with E-state index in [2.05, 4.69) is 5.32 Å². The number of amides is 1. The molecule has 1 aromatic rings. The fourth-order valence-electron chi connectivity index (χ4n) is 2.78. The van der Waals surface area contributed by atoms with Crippen LogP contribution in [-0.2, 0) is 14.3 Å². The molecule has 152 valence electrons. The van der Waals surface area contributed by atoms with E-state index in [-0.39, 0.29) is 17.4 Å². The second-order valence-corrected chi connectivity index (χ2v) is 8.30. The lowest BCUT2D eigenvalue weighted by Gasteiger charge is -2.28. The summed E-state index contributed by atoms with van der Waals surface area (Å²) in [7, 11) is 1.68. The number of benzene rings is 1. The van der Waals surface area contributed by atoms with Crippen LogP contribution in [0.5, 0.6) is 5.75 Å². The number of rotatable bonds is 11. The molecule has 1 aromatic carbocycles. The number of carbonyl (C=O) groups is 1. The number of nitrogens with one attached hydrogen (secondary N) is 1. The van der Waals surface area contributed by atoms with Gasteiger partial charge in [0.25, 0.3) is 5.91 Å². The Morgan fingerprint density at radius 2 is 1.96 bits per heavy atom. The highest BCUT2D eigenvalue weighted by Gasteiger charge is 2.48. The van der Waals surface area contributed by atoms with E-state index in [4.69, 9.17) is 25.8 Å². The fourth-order valence-corrected chi connectivity index (χ4v) is 3.01. The van der Waals surface area contributed by atoms with Crippen LogP contribution in [0, 0.1) is 5.92 Å². The molecule has 5 nitrogen and oxygen atoms in total. The highest BCUT2D eigenvalue weighted by molar-refractivity contribution is 6.32. The Hall–Kier alpha value is -1.30. The van der Waals surface area contributed by atoms with E-state index in [0.29, 0.717) is 29.7 Å². The monoisotopic (exact) mass is 397 g/mol. The van der Waals surface area contributed by atoms with Gasteiger partial charge < -0.3 is 19.5 Å². The predicted molar refractivity (Wildman–Crippen MR) is 109 cm³/mol. The number of halogens is 1. The summed E-state index contributed by atoms with van der Waals surface area (Å²) >= 11 is 6.33. The van der Waals surface area contributed by atoms with Gasteiger partial charge in [-0.15, -0.1) is 0 Å². The summed E-state index contributed by atoms with van der Waals surface area (Å²) in [5.41, 5.74) is -0.392. The number of anilines is 1. The molecule has 27 heavy (non-hydrogen) atoms. The first-order chi connectivity index (χ1) is 12.7. The van der Waals surface area contributed by atoms with Crippen molar-refractivity contribution in [2.75, 3.05) is 25.6 Å². The van der Waals surface area contributed by atoms with Gasteiger partial charge in [-0.1, -0.05) is 18.5 Å². The lowest BCUT2D eigenvalue weighted by Crippen LogP contribution is -2.45. The van der Waals surface area contributed by atoms with Crippen molar-refractivity contribution in [3.05, 3.63) is 23.2 Å². The van der Waals surface area contributed by atoms with Gasteiger partial charge in [-0.25, -0.2) is 0 Å². The van der Waals surface area contributed by atoms with E-state index >= 15 is 0 Å². The van der Waals surface area contributed by atoms with Gasteiger partial charge in [-0.05, 0) is 64.2 Å². The largest absolute Gasteiger partial charge is 0.492 e. The Labute approximate surface area is 167 Å². The van der Waals surface area contributed by atoms with E-state index in [0.717, 1.165) is 25.7 Å². The molecule has 1 fully saturated rings. The SMILES string of the molecule is CCCOC(C)(C(=O)Nc1ccc(OCCC(C)(C)OC)c(Cl)c1)C1CC1. The van der Waals surface area contributed by atoms with Crippen molar-refractivity contribution < 1.29 is 19.0 Å². The number of hydrogen-bond acceptors (Lipinski definition) is 4. The molecule has 1 unspecified atom stereocenters. The first-order valence-corrected chi connectivity index (χ1v) is 10.0. The maximum Gasteiger partial charge on any atom is 0.256 e. The van der Waals surface area contributed by atoms with E-state index in [1.165, 1.54) is 0 Å². The summed E-state index contributed by atoms with van der Waals surface area (Å²) < 4.78 is 17.0. The van der Waals surface area contributed by atoms with Crippen molar-refractivity contribution in [2.24, 2.45) is 5.92 Å². The van der Waals surface area contributed by atoms with Gasteiger partial charge in [-0.3, -0.25) is 4.79 Å².